The van der Waals surface area contributed by atoms with Crippen LogP contribution in [0.5, 0.6) is 0 Å². The number of imidazole rings is 2. The van der Waals surface area contributed by atoms with Gasteiger partial charge < -0.3 is 20.0 Å². The van der Waals surface area contributed by atoms with Gasteiger partial charge in [-0.1, -0.05) is 0 Å². The van der Waals surface area contributed by atoms with Crippen molar-refractivity contribution in [2.24, 2.45) is 7.05 Å². The lowest BCUT2D eigenvalue weighted by Gasteiger charge is -2.08. The van der Waals surface area contributed by atoms with Crippen LogP contribution in [0.3, 0.4) is 0 Å². The van der Waals surface area contributed by atoms with E-state index in [1.807, 2.05) is 28.4 Å². The first kappa shape index (κ1) is 11.5. The Morgan fingerprint density at radius 1 is 1.26 bits per heavy atom. The van der Waals surface area contributed by atoms with Gasteiger partial charge in [0.2, 0.25) is 0 Å². The standard InChI is InChI=1S/C12H15N7/c1-18-6-4-14-10(18)2-3-15-11-12-16-5-7-19(12)8-9(13)17-11/h4-8H,2-3,13H2,1H3,(H,15,17). The van der Waals surface area contributed by atoms with Crippen molar-refractivity contribution < 1.29 is 0 Å². The van der Waals surface area contributed by atoms with E-state index >= 15 is 0 Å². The molecule has 0 amide bonds. The van der Waals surface area contributed by atoms with E-state index in [1.165, 1.54) is 0 Å². The lowest BCUT2D eigenvalue weighted by molar-refractivity contribution is 0.788. The smallest absolute Gasteiger partial charge is 0.180 e. The third-order valence-corrected chi connectivity index (χ3v) is 2.95. The molecule has 0 saturated carbocycles. The zero-order valence-electron chi connectivity index (χ0n) is 10.6. The van der Waals surface area contributed by atoms with E-state index in [2.05, 4.69) is 20.3 Å². The molecule has 0 aliphatic heterocycles. The molecule has 0 unspecified atom stereocenters. The topological polar surface area (TPSA) is 86.1 Å². The highest BCUT2D eigenvalue weighted by Crippen LogP contribution is 2.14. The van der Waals surface area contributed by atoms with E-state index in [1.54, 1.807) is 18.6 Å². The highest BCUT2D eigenvalue weighted by atomic mass is 15.1. The van der Waals surface area contributed by atoms with Crippen molar-refractivity contribution in [1.29, 1.82) is 0 Å². The van der Waals surface area contributed by atoms with Crippen LogP contribution in [0.2, 0.25) is 0 Å². The zero-order valence-corrected chi connectivity index (χ0v) is 10.6. The van der Waals surface area contributed by atoms with Crippen LogP contribution in [-0.2, 0) is 13.5 Å². The molecule has 7 nitrogen and oxygen atoms in total. The summed E-state index contributed by atoms with van der Waals surface area (Å²) in [6.07, 6.45) is 9.85. The van der Waals surface area contributed by atoms with E-state index in [0.717, 1.165) is 24.4 Å². The summed E-state index contributed by atoms with van der Waals surface area (Å²) in [5.74, 6) is 2.18. The average molecular weight is 257 g/mol. The fourth-order valence-corrected chi connectivity index (χ4v) is 2.00. The number of nitrogens with one attached hydrogen (secondary N) is 1. The van der Waals surface area contributed by atoms with Crippen LogP contribution in [-0.4, -0.2) is 30.5 Å². The van der Waals surface area contributed by atoms with E-state index in [9.17, 15) is 0 Å². The molecule has 0 aliphatic rings. The van der Waals surface area contributed by atoms with Gasteiger partial charge in [0, 0.05) is 44.8 Å². The third kappa shape index (κ3) is 2.22. The maximum Gasteiger partial charge on any atom is 0.180 e. The van der Waals surface area contributed by atoms with Gasteiger partial charge in [0.15, 0.2) is 11.5 Å². The van der Waals surface area contributed by atoms with Crippen molar-refractivity contribution in [2.75, 3.05) is 17.6 Å². The molecule has 0 bridgehead atoms. The predicted octanol–water partition coefficient (Wildman–Crippen LogP) is 0.700. The highest BCUT2D eigenvalue weighted by Gasteiger charge is 2.06. The fourth-order valence-electron chi connectivity index (χ4n) is 2.00. The fraction of sp³-hybridized carbons (Fsp3) is 0.250. The Bertz CT molecular complexity index is 697. The van der Waals surface area contributed by atoms with Crippen molar-refractivity contribution in [1.82, 2.24) is 23.9 Å². The van der Waals surface area contributed by atoms with E-state index in [4.69, 9.17) is 5.73 Å². The molecule has 0 radical (unpaired) electrons. The molecule has 98 valence electrons. The van der Waals surface area contributed by atoms with E-state index in [0.29, 0.717) is 11.6 Å². The summed E-state index contributed by atoms with van der Waals surface area (Å²) >= 11 is 0. The number of fused-ring (bicyclic) bond motifs is 1. The van der Waals surface area contributed by atoms with Crippen molar-refractivity contribution >= 4 is 17.3 Å². The van der Waals surface area contributed by atoms with Crippen LogP contribution in [0.1, 0.15) is 5.82 Å². The summed E-state index contributed by atoms with van der Waals surface area (Å²) in [6, 6.07) is 0. The number of nitrogens with zero attached hydrogens (tertiary/aromatic N) is 5. The molecule has 3 rings (SSSR count). The summed E-state index contributed by atoms with van der Waals surface area (Å²) in [6.45, 7) is 0.726. The molecule has 0 saturated heterocycles. The van der Waals surface area contributed by atoms with E-state index in [-0.39, 0.29) is 0 Å². The Kier molecular flexibility index (Phi) is 2.79. The van der Waals surface area contributed by atoms with Crippen LogP contribution in [0.15, 0.2) is 31.0 Å². The predicted molar refractivity (Wildman–Crippen MR) is 72.8 cm³/mol. The third-order valence-electron chi connectivity index (χ3n) is 2.95. The molecule has 19 heavy (non-hydrogen) atoms. The number of hydrogen-bond donors (Lipinski definition) is 2. The Morgan fingerprint density at radius 2 is 2.11 bits per heavy atom. The van der Waals surface area contributed by atoms with Gasteiger partial charge in [-0.3, -0.25) is 0 Å². The van der Waals surface area contributed by atoms with Gasteiger partial charge in [-0.2, -0.15) is 0 Å². The number of nitrogens with two attached hydrogens (primary N) is 1. The zero-order chi connectivity index (χ0) is 13.2. The second kappa shape index (κ2) is 4.60. The number of aryl methyl sites for hydroxylation is 1. The van der Waals surface area contributed by atoms with Crippen LogP contribution in [0.4, 0.5) is 11.6 Å². The summed E-state index contributed by atoms with van der Waals surface area (Å²) < 4.78 is 3.85. The number of nitrogen functional groups attached to an aromatic ring is 1. The normalized spacial score (nSPS) is 11.0. The van der Waals surface area contributed by atoms with Crippen LogP contribution in [0, 0.1) is 0 Å². The van der Waals surface area contributed by atoms with Crippen LogP contribution < -0.4 is 11.1 Å². The maximum atomic E-state index is 5.76. The lowest BCUT2D eigenvalue weighted by atomic mass is 10.4. The SMILES string of the molecule is Cn1ccnc1CCNc1nc(N)cn2ccnc12. The minimum absolute atomic E-state index is 0.463. The summed E-state index contributed by atoms with van der Waals surface area (Å²) in [4.78, 5) is 12.8. The van der Waals surface area contributed by atoms with Crippen molar-refractivity contribution in [2.45, 2.75) is 6.42 Å². The van der Waals surface area contributed by atoms with Gasteiger partial charge in [-0.15, -0.1) is 0 Å². The largest absolute Gasteiger partial charge is 0.382 e. The first-order valence-electron chi connectivity index (χ1n) is 6.03. The molecule has 0 aliphatic carbocycles. The summed E-state index contributed by atoms with van der Waals surface area (Å²) in [5.41, 5.74) is 6.53. The first-order valence-corrected chi connectivity index (χ1v) is 6.03. The molecule has 0 aromatic carbocycles. The number of aromatic nitrogens is 5. The Balaban J connectivity index is 1.75. The van der Waals surface area contributed by atoms with Gasteiger partial charge in [0.25, 0.3) is 0 Å². The monoisotopic (exact) mass is 257 g/mol. The van der Waals surface area contributed by atoms with Crippen LogP contribution in [0.25, 0.3) is 5.65 Å². The molecule has 3 aromatic heterocycles. The van der Waals surface area contributed by atoms with Crippen molar-refractivity contribution in [3.8, 4) is 0 Å². The Morgan fingerprint density at radius 3 is 2.89 bits per heavy atom. The molecule has 3 heterocycles. The molecule has 0 atom stereocenters. The highest BCUT2D eigenvalue weighted by molar-refractivity contribution is 5.64. The number of hydrogen-bond acceptors (Lipinski definition) is 5. The summed E-state index contributed by atoms with van der Waals surface area (Å²) in [5, 5.41) is 3.25. The first-order chi connectivity index (χ1) is 9.24. The minimum Gasteiger partial charge on any atom is -0.382 e. The molecular formula is C12H15N7. The van der Waals surface area contributed by atoms with Gasteiger partial charge in [0.1, 0.15) is 11.6 Å². The van der Waals surface area contributed by atoms with Crippen molar-refractivity contribution in [3.63, 3.8) is 0 Å². The van der Waals surface area contributed by atoms with Crippen LogP contribution >= 0.6 is 0 Å². The maximum absolute atomic E-state index is 5.76. The molecule has 0 fully saturated rings. The second-order valence-electron chi connectivity index (χ2n) is 4.30. The molecule has 3 N–H and O–H groups in total. The van der Waals surface area contributed by atoms with E-state index < -0.39 is 0 Å². The minimum atomic E-state index is 0.463. The Labute approximate surface area is 110 Å². The average Bonchev–Trinajstić information content (AvgIpc) is 2.98. The summed E-state index contributed by atoms with van der Waals surface area (Å²) in [7, 11) is 1.98. The quantitative estimate of drug-likeness (QED) is 0.718. The van der Waals surface area contributed by atoms with Gasteiger partial charge in [-0.05, 0) is 0 Å². The number of anilines is 2. The lowest BCUT2D eigenvalue weighted by Crippen LogP contribution is -2.11. The second-order valence-corrected chi connectivity index (χ2v) is 4.30. The molecule has 7 heteroatoms. The Hall–Kier alpha value is -2.57. The van der Waals surface area contributed by atoms with Crippen molar-refractivity contribution in [3.05, 3.63) is 36.8 Å². The van der Waals surface area contributed by atoms with Gasteiger partial charge in [-0.25, -0.2) is 15.0 Å². The number of rotatable bonds is 4. The van der Waals surface area contributed by atoms with Gasteiger partial charge in [0.05, 0.1) is 6.20 Å². The molecule has 3 aromatic rings. The van der Waals surface area contributed by atoms with Gasteiger partial charge >= 0.3 is 0 Å². The molecular weight excluding hydrogens is 242 g/mol. The molecule has 0 spiro atoms.